The molecule has 5 nitrogen and oxygen atoms in total. The van der Waals surface area contributed by atoms with Crippen LogP contribution < -0.4 is 16.0 Å². The van der Waals surface area contributed by atoms with Gasteiger partial charge >= 0.3 is 0 Å². The molecule has 3 N–H and O–H groups in total. The molecular weight excluding hydrogens is 314 g/mol. The minimum Gasteiger partial charge on any atom is -0.352 e. The summed E-state index contributed by atoms with van der Waals surface area (Å²) in [7, 11) is 0. The smallest absolute Gasteiger partial charge is 0.251 e. The molecule has 0 aliphatic carbocycles. The Balaban J connectivity index is 0.00000264. The monoisotopic (exact) mass is 339 g/mol. The van der Waals surface area contributed by atoms with Gasteiger partial charge in [0.05, 0.1) is 0 Å². The van der Waals surface area contributed by atoms with E-state index in [-0.39, 0.29) is 24.2 Å². The van der Waals surface area contributed by atoms with Gasteiger partial charge in [-0.1, -0.05) is 13.0 Å². The van der Waals surface area contributed by atoms with Crippen LogP contribution in [0.25, 0.3) is 0 Å². The number of halogens is 1. The molecule has 0 radical (unpaired) electrons. The van der Waals surface area contributed by atoms with Gasteiger partial charge in [-0.2, -0.15) is 0 Å². The summed E-state index contributed by atoms with van der Waals surface area (Å²) < 4.78 is 0. The molecule has 1 atom stereocenters. The molecule has 1 fully saturated rings. The third kappa shape index (κ3) is 6.59. The van der Waals surface area contributed by atoms with E-state index >= 15 is 0 Å². The van der Waals surface area contributed by atoms with Crippen molar-refractivity contribution in [2.75, 3.05) is 18.4 Å². The number of hydrogen-bond donors (Lipinski definition) is 3. The van der Waals surface area contributed by atoms with Crippen LogP contribution in [0.1, 0.15) is 49.4 Å². The summed E-state index contributed by atoms with van der Waals surface area (Å²) in [4.78, 5) is 23.9. The third-order valence-electron chi connectivity index (χ3n) is 3.83. The lowest BCUT2D eigenvalue weighted by Gasteiger charge is -2.11. The molecule has 2 amide bonds. The number of hydrogen-bond acceptors (Lipinski definition) is 3. The zero-order valence-electron chi connectivity index (χ0n) is 13.6. The zero-order chi connectivity index (χ0) is 15.8. The van der Waals surface area contributed by atoms with E-state index in [1.165, 1.54) is 6.42 Å². The molecule has 1 aliphatic rings. The molecule has 128 valence electrons. The summed E-state index contributed by atoms with van der Waals surface area (Å²) in [5, 5.41) is 9.09. The molecule has 23 heavy (non-hydrogen) atoms. The normalized spacial score (nSPS) is 16.5. The lowest BCUT2D eigenvalue weighted by Crippen LogP contribution is -2.24. The van der Waals surface area contributed by atoms with Crippen LogP contribution in [-0.4, -0.2) is 30.9 Å². The van der Waals surface area contributed by atoms with Gasteiger partial charge in [0.1, 0.15) is 0 Å². The van der Waals surface area contributed by atoms with Crippen LogP contribution in [0.4, 0.5) is 5.69 Å². The van der Waals surface area contributed by atoms with Crippen molar-refractivity contribution in [2.45, 2.75) is 45.1 Å². The number of carbonyl (C=O) groups excluding carboxylic acids is 2. The Morgan fingerprint density at radius 2 is 2.17 bits per heavy atom. The highest BCUT2D eigenvalue weighted by molar-refractivity contribution is 5.97. The predicted octanol–water partition coefficient (Wildman–Crippen LogP) is 2.72. The molecule has 0 spiro atoms. The molecule has 6 heteroatoms. The van der Waals surface area contributed by atoms with Crippen molar-refractivity contribution < 1.29 is 9.59 Å². The van der Waals surface area contributed by atoms with Crippen LogP contribution in [-0.2, 0) is 4.79 Å². The van der Waals surface area contributed by atoms with Crippen molar-refractivity contribution in [3.63, 3.8) is 0 Å². The van der Waals surface area contributed by atoms with Crippen molar-refractivity contribution in [2.24, 2.45) is 0 Å². The average Bonchev–Trinajstić information content (AvgIpc) is 3.04. The summed E-state index contributed by atoms with van der Waals surface area (Å²) in [6.07, 6.45) is 4.62. The topological polar surface area (TPSA) is 70.2 Å². The van der Waals surface area contributed by atoms with Crippen LogP contribution in [0.2, 0.25) is 0 Å². The van der Waals surface area contributed by atoms with Gasteiger partial charge in [0.15, 0.2) is 0 Å². The van der Waals surface area contributed by atoms with Gasteiger partial charge in [-0.05, 0) is 50.4 Å². The SMILES string of the molecule is CCCNC(=O)c1cccc(NC(=O)CCC2CCCN2)c1.Cl. The van der Waals surface area contributed by atoms with Crippen LogP contribution >= 0.6 is 12.4 Å². The maximum absolute atomic E-state index is 12.0. The summed E-state index contributed by atoms with van der Waals surface area (Å²) in [6.45, 7) is 3.72. The molecule has 1 unspecified atom stereocenters. The first-order valence-electron chi connectivity index (χ1n) is 8.10. The van der Waals surface area contributed by atoms with Gasteiger partial charge in [0, 0.05) is 30.3 Å². The molecule has 1 aromatic rings. The number of rotatable bonds is 7. The second kappa shape index (κ2) is 10.2. The molecule has 2 rings (SSSR count). The Kier molecular flexibility index (Phi) is 8.66. The van der Waals surface area contributed by atoms with Crippen molar-refractivity contribution in [1.29, 1.82) is 0 Å². The van der Waals surface area contributed by atoms with Gasteiger partial charge in [0.25, 0.3) is 5.91 Å². The Bertz CT molecular complexity index is 516. The first kappa shape index (κ1) is 19.5. The molecule has 1 aromatic carbocycles. The van der Waals surface area contributed by atoms with Gasteiger partial charge < -0.3 is 16.0 Å². The number of anilines is 1. The van der Waals surface area contributed by atoms with Crippen molar-refractivity contribution in [3.8, 4) is 0 Å². The van der Waals surface area contributed by atoms with E-state index in [0.717, 1.165) is 25.8 Å². The molecule has 1 heterocycles. The fourth-order valence-corrected chi connectivity index (χ4v) is 2.61. The van der Waals surface area contributed by atoms with E-state index in [1.807, 2.05) is 13.0 Å². The molecule has 1 aliphatic heterocycles. The highest BCUT2D eigenvalue weighted by atomic mass is 35.5. The summed E-state index contributed by atoms with van der Waals surface area (Å²) in [5.41, 5.74) is 1.25. The average molecular weight is 340 g/mol. The van der Waals surface area contributed by atoms with Gasteiger partial charge in [0.2, 0.25) is 5.91 Å². The van der Waals surface area contributed by atoms with E-state index in [9.17, 15) is 9.59 Å². The second-order valence-corrected chi connectivity index (χ2v) is 5.72. The lowest BCUT2D eigenvalue weighted by atomic mass is 10.1. The highest BCUT2D eigenvalue weighted by Crippen LogP contribution is 2.14. The number of carbonyl (C=O) groups is 2. The van der Waals surface area contributed by atoms with E-state index in [0.29, 0.717) is 30.3 Å². The Morgan fingerprint density at radius 3 is 2.87 bits per heavy atom. The summed E-state index contributed by atoms with van der Waals surface area (Å²) >= 11 is 0. The standard InChI is InChI=1S/C17H25N3O2.ClH/c1-2-10-19-17(22)13-5-3-6-15(12-13)20-16(21)9-8-14-7-4-11-18-14;/h3,5-6,12,14,18H,2,4,7-11H2,1H3,(H,19,22)(H,20,21);1H. The first-order chi connectivity index (χ1) is 10.7. The molecule has 1 saturated heterocycles. The first-order valence-corrected chi connectivity index (χ1v) is 8.10. The molecular formula is C17H26ClN3O2. The Hall–Kier alpha value is -1.59. The van der Waals surface area contributed by atoms with Crippen LogP contribution in [0, 0.1) is 0 Å². The Morgan fingerprint density at radius 1 is 1.35 bits per heavy atom. The highest BCUT2D eigenvalue weighted by Gasteiger charge is 2.15. The Labute approximate surface area is 144 Å². The van der Waals surface area contributed by atoms with Crippen LogP contribution in [0.5, 0.6) is 0 Å². The number of benzene rings is 1. The fourth-order valence-electron chi connectivity index (χ4n) is 2.61. The summed E-state index contributed by atoms with van der Waals surface area (Å²) in [5.74, 6) is -0.104. The van der Waals surface area contributed by atoms with Crippen molar-refractivity contribution >= 4 is 29.9 Å². The molecule has 0 saturated carbocycles. The minimum absolute atomic E-state index is 0. The van der Waals surface area contributed by atoms with Gasteiger partial charge in [-0.25, -0.2) is 0 Å². The summed E-state index contributed by atoms with van der Waals surface area (Å²) in [6, 6.07) is 7.54. The quantitative estimate of drug-likeness (QED) is 0.715. The number of nitrogens with one attached hydrogen (secondary N) is 3. The van der Waals surface area contributed by atoms with E-state index in [2.05, 4.69) is 16.0 Å². The van der Waals surface area contributed by atoms with Gasteiger partial charge in [-0.15, -0.1) is 12.4 Å². The largest absolute Gasteiger partial charge is 0.352 e. The van der Waals surface area contributed by atoms with Crippen LogP contribution in [0.15, 0.2) is 24.3 Å². The fraction of sp³-hybridized carbons (Fsp3) is 0.529. The maximum Gasteiger partial charge on any atom is 0.251 e. The van der Waals surface area contributed by atoms with E-state index < -0.39 is 0 Å². The van der Waals surface area contributed by atoms with Crippen molar-refractivity contribution in [1.82, 2.24) is 10.6 Å². The lowest BCUT2D eigenvalue weighted by molar-refractivity contribution is -0.116. The predicted molar refractivity (Wildman–Crippen MR) is 95.2 cm³/mol. The maximum atomic E-state index is 12.0. The van der Waals surface area contributed by atoms with E-state index in [1.54, 1.807) is 18.2 Å². The molecule has 0 aromatic heterocycles. The van der Waals surface area contributed by atoms with E-state index in [4.69, 9.17) is 0 Å². The third-order valence-corrected chi connectivity index (χ3v) is 3.83. The number of amides is 2. The van der Waals surface area contributed by atoms with Crippen LogP contribution in [0.3, 0.4) is 0 Å². The second-order valence-electron chi connectivity index (χ2n) is 5.72. The zero-order valence-corrected chi connectivity index (χ0v) is 14.4. The molecule has 0 bridgehead atoms. The van der Waals surface area contributed by atoms with Crippen molar-refractivity contribution in [3.05, 3.63) is 29.8 Å². The minimum atomic E-state index is -0.104. The van der Waals surface area contributed by atoms with Gasteiger partial charge in [-0.3, -0.25) is 9.59 Å².